The molecule has 2 aromatic heterocycles. The summed E-state index contributed by atoms with van der Waals surface area (Å²) in [5.41, 5.74) is 1.56. The van der Waals surface area contributed by atoms with Crippen LogP contribution in [-0.4, -0.2) is 46.6 Å². The molecule has 2 aromatic carbocycles. The van der Waals surface area contributed by atoms with E-state index in [1.165, 1.54) is 28.6 Å². The van der Waals surface area contributed by atoms with Crippen molar-refractivity contribution in [1.82, 2.24) is 9.97 Å². The first kappa shape index (κ1) is 28.1. The highest BCUT2D eigenvalue weighted by Gasteiger charge is 2.48. The highest BCUT2D eigenvalue weighted by molar-refractivity contribution is 7.22. The van der Waals surface area contributed by atoms with E-state index < -0.39 is 17.7 Å². The third-order valence-corrected chi connectivity index (χ3v) is 7.62. The summed E-state index contributed by atoms with van der Waals surface area (Å²) in [6, 6.07) is 13.0. The predicted molar refractivity (Wildman–Crippen MR) is 158 cm³/mol. The molecular weight excluding hydrogens is 542 g/mol. The van der Waals surface area contributed by atoms with E-state index in [-0.39, 0.29) is 11.3 Å². The molecule has 41 heavy (non-hydrogen) atoms. The van der Waals surface area contributed by atoms with E-state index in [4.69, 9.17) is 19.2 Å². The van der Waals surface area contributed by atoms with Crippen molar-refractivity contribution in [3.8, 4) is 17.2 Å². The molecule has 1 fully saturated rings. The number of thiazole rings is 1. The van der Waals surface area contributed by atoms with E-state index in [9.17, 15) is 14.7 Å². The molecule has 1 saturated heterocycles. The average Bonchev–Trinajstić information content (AvgIpc) is 3.52. The van der Waals surface area contributed by atoms with E-state index >= 15 is 0 Å². The van der Waals surface area contributed by atoms with Crippen LogP contribution in [0.1, 0.15) is 50.8 Å². The van der Waals surface area contributed by atoms with Crippen molar-refractivity contribution >= 4 is 44.1 Å². The molecule has 1 aliphatic rings. The quantitative estimate of drug-likeness (QED) is 0.0964. The van der Waals surface area contributed by atoms with Crippen molar-refractivity contribution in [3.63, 3.8) is 0 Å². The van der Waals surface area contributed by atoms with Crippen LogP contribution in [0.5, 0.6) is 17.2 Å². The Morgan fingerprint density at radius 1 is 0.951 bits per heavy atom. The van der Waals surface area contributed by atoms with Gasteiger partial charge in [-0.1, -0.05) is 30.7 Å². The number of Topliss-reactive ketones (excluding diaryl/α,β-unsaturated/α-hetero) is 1. The number of ether oxygens (including phenoxy) is 3. The van der Waals surface area contributed by atoms with Crippen LogP contribution in [0.25, 0.3) is 16.0 Å². The fraction of sp³-hybridized carbons (Fsp3) is 0.290. The van der Waals surface area contributed by atoms with Gasteiger partial charge < -0.3 is 19.3 Å². The Morgan fingerprint density at radius 3 is 2.46 bits per heavy atom. The standard InChI is InChI=1S/C31H31N3O6S/c1-4-7-16-40-23-11-8-20(17-24(23)39-6-3)27-26(28(35)19-12-14-32-15-13-19)29(36)30(37)34(27)31-33-22-10-9-21(38-5-2)18-25(22)41-31/h8-15,17-18,27,35H,4-7,16H2,1-3H3/b28-26+. The lowest BCUT2D eigenvalue weighted by atomic mass is 9.95. The van der Waals surface area contributed by atoms with Gasteiger partial charge in [-0.05, 0) is 68.3 Å². The topological polar surface area (TPSA) is 111 Å². The molecule has 212 valence electrons. The van der Waals surface area contributed by atoms with E-state index in [1.54, 1.807) is 30.3 Å². The van der Waals surface area contributed by atoms with Crippen LogP contribution in [0.4, 0.5) is 5.13 Å². The number of aliphatic hydroxyl groups excluding tert-OH is 1. The van der Waals surface area contributed by atoms with Gasteiger partial charge in [-0.15, -0.1) is 0 Å². The molecule has 3 heterocycles. The summed E-state index contributed by atoms with van der Waals surface area (Å²) in [6.07, 6.45) is 4.90. The summed E-state index contributed by atoms with van der Waals surface area (Å²) in [4.78, 5) is 37.3. The second-order valence-electron chi connectivity index (χ2n) is 9.31. The van der Waals surface area contributed by atoms with Gasteiger partial charge in [-0.3, -0.25) is 19.5 Å². The first-order chi connectivity index (χ1) is 20.0. The molecule has 0 aliphatic carbocycles. The number of hydrogen-bond donors (Lipinski definition) is 1. The summed E-state index contributed by atoms with van der Waals surface area (Å²) in [5.74, 6) is -0.138. The zero-order chi connectivity index (χ0) is 28.9. The molecule has 9 nitrogen and oxygen atoms in total. The Hall–Kier alpha value is -4.44. The minimum absolute atomic E-state index is 0.0439. The van der Waals surface area contributed by atoms with Crippen LogP contribution in [-0.2, 0) is 9.59 Å². The monoisotopic (exact) mass is 573 g/mol. The lowest BCUT2D eigenvalue weighted by Gasteiger charge is -2.24. The number of benzene rings is 2. The SMILES string of the molecule is CCCCOc1ccc(C2/C(=C(\O)c3ccncc3)C(=O)C(=O)N2c2nc3ccc(OCC)cc3s2)cc1OCC. The van der Waals surface area contributed by atoms with Crippen molar-refractivity contribution in [3.05, 3.63) is 77.6 Å². The number of fused-ring (bicyclic) bond motifs is 1. The molecule has 1 N–H and O–H groups in total. The molecule has 0 spiro atoms. The summed E-state index contributed by atoms with van der Waals surface area (Å²) in [7, 11) is 0. The zero-order valence-electron chi connectivity index (χ0n) is 23.1. The third kappa shape index (κ3) is 5.60. The fourth-order valence-corrected chi connectivity index (χ4v) is 5.69. The molecule has 1 amide bonds. The minimum atomic E-state index is -0.959. The number of rotatable bonds is 11. The number of hydrogen-bond acceptors (Lipinski definition) is 9. The number of carbonyl (C=O) groups excluding carboxylic acids is 2. The maximum absolute atomic E-state index is 13.6. The van der Waals surface area contributed by atoms with Gasteiger partial charge in [0.2, 0.25) is 0 Å². The molecule has 10 heteroatoms. The lowest BCUT2D eigenvalue weighted by molar-refractivity contribution is -0.132. The van der Waals surface area contributed by atoms with Crippen molar-refractivity contribution in [2.24, 2.45) is 0 Å². The predicted octanol–water partition coefficient (Wildman–Crippen LogP) is 6.29. The number of anilines is 1. The Morgan fingerprint density at radius 2 is 1.73 bits per heavy atom. The maximum Gasteiger partial charge on any atom is 0.301 e. The number of pyridine rings is 1. The number of amides is 1. The van der Waals surface area contributed by atoms with Crippen LogP contribution in [0.3, 0.4) is 0 Å². The van der Waals surface area contributed by atoms with E-state index in [0.29, 0.717) is 58.8 Å². The van der Waals surface area contributed by atoms with Crippen LogP contribution < -0.4 is 19.1 Å². The van der Waals surface area contributed by atoms with Crippen molar-refractivity contribution < 1.29 is 28.9 Å². The maximum atomic E-state index is 13.6. The molecule has 1 unspecified atom stereocenters. The average molecular weight is 574 g/mol. The highest BCUT2D eigenvalue weighted by atomic mass is 32.1. The molecule has 4 aromatic rings. The molecule has 0 radical (unpaired) electrons. The Bertz CT molecular complexity index is 1600. The van der Waals surface area contributed by atoms with Gasteiger partial charge in [0.25, 0.3) is 5.78 Å². The number of aromatic nitrogens is 2. The van der Waals surface area contributed by atoms with Crippen molar-refractivity contribution in [2.75, 3.05) is 24.7 Å². The Labute approximate surface area is 242 Å². The van der Waals surface area contributed by atoms with Crippen LogP contribution in [0, 0.1) is 0 Å². The van der Waals surface area contributed by atoms with Crippen molar-refractivity contribution in [2.45, 2.75) is 39.7 Å². The summed E-state index contributed by atoms with van der Waals surface area (Å²) >= 11 is 1.27. The van der Waals surface area contributed by atoms with Gasteiger partial charge in [-0.2, -0.15) is 0 Å². The zero-order valence-corrected chi connectivity index (χ0v) is 23.9. The summed E-state index contributed by atoms with van der Waals surface area (Å²) < 4.78 is 18.3. The van der Waals surface area contributed by atoms with Crippen LogP contribution >= 0.6 is 11.3 Å². The summed E-state index contributed by atoms with van der Waals surface area (Å²) in [5, 5.41) is 11.7. The van der Waals surface area contributed by atoms with Gasteiger partial charge in [0.05, 0.1) is 41.7 Å². The lowest BCUT2D eigenvalue weighted by Crippen LogP contribution is -2.29. The first-order valence-electron chi connectivity index (χ1n) is 13.6. The largest absolute Gasteiger partial charge is 0.507 e. The Kier molecular flexibility index (Phi) is 8.49. The first-order valence-corrected chi connectivity index (χ1v) is 14.4. The van der Waals surface area contributed by atoms with Crippen molar-refractivity contribution in [1.29, 1.82) is 0 Å². The molecule has 0 bridgehead atoms. The number of unbranched alkanes of at least 4 members (excludes halogenated alkanes) is 1. The number of nitrogens with zero attached hydrogens (tertiary/aromatic N) is 3. The second-order valence-corrected chi connectivity index (χ2v) is 10.3. The van der Waals surface area contributed by atoms with Gasteiger partial charge >= 0.3 is 5.91 Å². The molecular formula is C31H31N3O6S. The van der Waals surface area contributed by atoms with Gasteiger partial charge in [0, 0.05) is 18.0 Å². The number of ketones is 1. The van der Waals surface area contributed by atoms with Crippen LogP contribution in [0.2, 0.25) is 0 Å². The number of aliphatic hydroxyl groups is 1. The third-order valence-electron chi connectivity index (χ3n) is 6.60. The smallest absolute Gasteiger partial charge is 0.301 e. The highest BCUT2D eigenvalue weighted by Crippen LogP contribution is 2.46. The number of carbonyl (C=O) groups is 2. The molecule has 1 aliphatic heterocycles. The van der Waals surface area contributed by atoms with Crippen LogP contribution in [0.15, 0.2) is 66.5 Å². The second kappa shape index (κ2) is 12.4. The van der Waals surface area contributed by atoms with Gasteiger partial charge in [-0.25, -0.2) is 4.98 Å². The fourth-order valence-electron chi connectivity index (χ4n) is 4.67. The van der Waals surface area contributed by atoms with E-state index in [1.807, 2.05) is 32.0 Å². The molecule has 0 saturated carbocycles. The van der Waals surface area contributed by atoms with Gasteiger partial charge in [0.15, 0.2) is 16.6 Å². The normalized spacial score (nSPS) is 16.4. The Balaban J connectivity index is 1.67. The summed E-state index contributed by atoms with van der Waals surface area (Å²) in [6.45, 7) is 7.30. The van der Waals surface area contributed by atoms with Gasteiger partial charge in [0.1, 0.15) is 11.5 Å². The van der Waals surface area contributed by atoms with E-state index in [0.717, 1.165) is 17.5 Å². The molecule has 5 rings (SSSR count). The molecule has 1 atom stereocenters. The minimum Gasteiger partial charge on any atom is -0.507 e. The van der Waals surface area contributed by atoms with E-state index in [2.05, 4.69) is 11.9 Å².